The molecule has 0 radical (unpaired) electrons. The van der Waals surface area contributed by atoms with E-state index in [0.29, 0.717) is 12.5 Å². The van der Waals surface area contributed by atoms with E-state index in [1.165, 1.54) is 12.1 Å². The molecular weight excluding hydrogens is 342 g/mol. The van der Waals surface area contributed by atoms with Gasteiger partial charge in [0.1, 0.15) is 12.4 Å². The van der Waals surface area contributed by atoms with E-state index in [-0.39, 0.29) is 17.9 Å². The van der Waals surface area contributed by atoms with Gasteiger partial charge in [0.25, 0.3) is 0 Å². The third kappa shape index (κ3) is 6.10. The van der Waals surface area contributed by atoms with E-state index in [2.05, 4.69) is 34.4 Å². The Morgan fingerprint density at radius 1 is 1.27 bits per heavy atom. The Morgan fingerprint density at radius 2 is 2.00 bits per heavy atom. The van der Waals surface area contributed by atoms with Crippen LogP contribution in [0.3, 0.4) is 0 Å². The van der Waals surface area contributed by atoms with Gasteiger partial charge in [-0.2, -0.15) is 0 Å². The van der Waals surface area contributed by atoms with Gasteiger partial charge in [0, 0.05) is 38.3 Å². The zero-order chi connectivity index (χ0) is 19.0. The Bertz CT molecular complexity index is 605. The third-order valence-electron chi connectivity index (χ3n) is 4.33. The van der Waals surface area contributed by atoms with Crippen molar-refractivity contribution in [3.63, 3.8) is 0 Å². The summed E-state index contributed by atoms with van der Waals surface area (Å²) in [5, 5.41) is 6.42. The smallest absolute Gasteiger partial charge is 0.191 e. The first-order valence-electron chi connectivity index (χ1n) is 8.77. The lowest BCUT2D eigenvalue weighted by molar-refractivity contribution is -0.00834. The molecule has 1 aliphatic heterocycles. The van der Waals surface area contributed by atoms with Crippen LogP contribution in [-0.4, -0.2) is 69.4 Å². The van der Waals surface area contributed by atoms with E-state index in [4.69, 9.17) is 9.47 Å². The van der Waals surface area contributed by atoms with Crippen LogP contribution in [0.4, 0.5) is 8.78 Å². The van der Waals surface area contributed by atoms with Crippen molar-refractivity contribution in [2.45, 2.75) is 19.4 Å². The molecule has 8 heteroatoms. The first kappa shape index (κ1) is 20.4. The number of ether oxygens (including phenoxy) is 2. The van der Waals surface area contributed by atoms with Crippen LogP contribution in [0, 0.1) is 11.6 Å². The lowest BCUT2D eigenvalue weighted by Crippen LogP contribution is -2.56. The molecule has 1 aromatic rings. The number of benzene rings is 1. The first-order valence-corrected chi connectivity index (χ1v) is 8.77. The number of nitrogens with one attached hydrogen (secondary N) is 2. The fourth-order valence-electron chi connectivity index (χ4n) is 2.72. The summed E-state index contributed by atoms with van der Waals surface area (Å²) >= 11 is 0. The van der Waals surface area contributed by atoms with Crippen LogP contribution >= 0.6 is 0 Å². The summed E-state index contributed by atoms with van der Waals surface area (Å²) in [5.41, 5.74) is -0.0326. The van der Waals surface area contributed by atoms with E-state index in [1.54, 1.807) is 7.05 Å². The summed E-state index contributed by atoms with van der Waals surface area (Å²) in [7, 11) is 1.69. The van der Waals surface area contributed by atoms with Crippen molar-refractivity contribution in [2.24, 2.45) is 4.99 Å². The molecule has 146 valence electrons. The van der Waals surface area contributed by atoms with Crippen molar-refractivity contribution in [3.8, 4) is 5.75 Å². The van der Waals surface area contributed by atoms with Gasteiger partial charge in [-0.05, 0) is 26.0 Å². The molecule has 0 atom stereocenters. The molecule has 1 aromatic carbocycles. The van der Waals surface area contributed by atoms with Crippen molar-refractivity contribution in [1.29, 1.82) is 0 Å². The fourth-order valence-corrected chi connectivity index (χ4v) is 2.72. The number of rotatable bonds is 7. The molecule has 6 nitrogen and oxygen atoms in total. The molecule has 0 aromatic heterocycles. The maximum atomic E-state index is 13.5. The Hall–Kier alpha value is -1.93. The van der Waals surface area contributed by atoms with Crippen LogP contribution in [0.15, 0.2) is 23.2 Å². The van der Waals surface area contributed by atoms with Gasteiger partial charge in [0.15, 0.2) is 17.5 Å². The minimum Gasteiger partial charge on any atom is -0.489 e. The highest BCUT2D eigenvalue weighted by Crippen LogP contribution is 2.17. The molecule has 2 rings (SSSR count). The van der Waals surface area contributed by atoms with Crippen molar-refractivity contribution in [3.05, 3.63) is 29.8 Å². The van der Waals surface area contributed by atoms with Gasteiger partial charge >= 0.3 is 0 Å². The molecule has 0 spiro atoms. The number of aliphatic imine (C=N–C) groups is 1. The van der Waals surface area contributed by atoms with Crippen LogP contribution in [0.2, 0.25) is 0 Å². The Balaban J connectivity index is 1.72. The monoisotopic (exact) mass is 370 g/mol. The Kier molecular flexibility index (Phi) is 7.59. The fraction of sp³-hybridized carbons (Fsp3) is 0.611. The van der Waals surface area contributed by atoms with Gasteiger partial charge in [0.05, 0.1) is 19.8 Å². The lowest BCUT2D eigenvalue weighted by Gasteiger charge is -2.41. The van der Waals surface area contributed by atoms with Gasteiger partial charge in [0.2, 0.25) is 0 Å². The molecule has 26 heavy (non-hydrogen) atoms. The quantitative estimate of drug-likeness (QED) is 0.434. The zero-order valence-electron chi connectivity index (χ0n) is 15.6. The van der Waals surface area contributed by atoms with Gasteiger partial charge in [-0.3, -0.25) is 9.89 Å². The van der Waals surface area contributed by atoms with Crippen LogP contribution in [-0.2, 0) is 4.74 Å². The van der Waals surface area contributed by atoms with E-state index in [1.807, 2.05) is 0 Å². The van der Waals surface area contributed by atoms with Crippen molar-refractivity contribution in [2.75, 3.05) is 53.0 Å². The summed E-state index contributed by atoms with van der Waals surface area (Å²) in [5.74, 6) is -0.653. The van der Waals surface area contributed by atoms with E-state index < -0.39 is 11.6 Å². The number of hydrogen-bond acceptors (Lipinski definition) is 4. The van der Waals surface area contributed by atoms with E-state index in [0.717, 1.165) is 38.9 Å². The molecule has 1 saturated heterocycles. The van der Waals surface area contributed by atoms with Crippen LogP contribution in [0.25, 0.3) is 0 Å². The molecule has 0 amide bonds. The molecule has 0 aliphatic carbocycles. The second-order valence-corrected chi connectivity index (χ2v) is 6.69. The summed E-state index contributed by atoms with van der Waals surface area (Å²) in [6.07, 6.45) is 0. The van der Waals surface area contributed by atoms with Gasteiger partial charge in [-0.15, -0.1) is 0 Å². The molecule has 0 unspecified atom stereocenters. The normalized spacial score (nSPS) is 16.4. The van der Waals surface area contributed by atoms with Crippen LogP contribution in [0.5, 0.6) is 5.75 Å². The highest BCUT2D eigenvalue weighted by atomic mass is 19.1. The summed E-state index contributed by atoms with van der Waals surface area (Å²) in [6, 6.07) is 3.25. The molecule has 1 fully saturated rings. The molecule has 1 aliphatic rings. The van der Waals surface area contributed by atoms with Crippen molar-refractivity contribution < 1.29 is 18.3 Å². The van der Waals surface area contributed by atoms with Gasteiger partial charge in [-0.25, -0.2) is 8.78 Å². The number of morpholine rings is 1. The van der Waals surface area contributed by atoms with Crippen molar-refractivity contribution in [1.82, 2.24) is 15.5 Å². The maximum absolute atomic E-state index is 13.5. The third-order valence-corrected chi connectivity index (χ3v) is 4.33. The second kappa shape index (κ2) is 9.68. The maximum Gasteiger partial charge on any atom is 0.191 e. The molecule has 2 N–H and O–H groups in total. The van der Waals surface area contributed by atoms with Gasteiger partial charge < -0.3 is 20.1 Å². The van der Waals surface area contributed by atoms with Crippen molar-refractivity contribution >= 4 is 5.96 Å². The largest absolute Gasteiger partial charge is 0.489 e. The number of nitrogens with zero attached hydrogens (tertiary/aromatic N) is 2. The number of guanidine groups is 1. The predicted octanol–water partition coefficient (Wildman–Crippen LogP) is 1.62. The topological polar surface area (TPSA) is 58.1 Å². The van der Waals surface area contributed by atoms with Crippen LogP contribution in [0.1, 0.15) is 13.8 Å². The van der Waals surface area contributed by atoms with Crippen LogP contribution < -0.4 is 15.4 Å². The summed E-state index contributed by atoms with van der Waals surface area (Å²) in [6.45, 7) is 9.10. The Morgan fingerprint density at radius 3 is 2.65 bits per heavy atom. The average Bonchev–Trinajstić information content (AvgIpc) is 2.63. The molecule has 0 bridgehead atoms. The number of hydrogen-bond donors (Lipinski definition) is 2. The molecular formula is C18H28F2N4O2. The summed E-state index contributed by atoms with van der Waals surface area (Å²) in [4.78, 5) is 6.57. The lowest BCUT2D eigenvalue weighted by atomic mass is 10.0. The van der Waals surface area contributed by atoms with Gasteiger partial charge in [-0.1, -0.05) is 0 Å². The minimum absolute atomic E-state index is 0.0320. The predicted molar refractivity (Wildman–Crippen MR) is 97.7 cm³/mol. The molecule has 0 saturated carbocycles. The second-order valence-electron chi connectivity index (χ2n) is 6.69. The summed E-state index contributed by atoms with van der Waals surface area (Å²) < 4.78 is 37.1. The Labute approximate surface area is 153 Å². The first-order chi connectivity index (χ1) is 12.4. The number of halogens is 2. The van der Waals surface area contributed by atoms with E-state index >= 15 is 0 Å². The molecule has 1 heterocycles. The van der Waals surface area contributed by atoms with E-state index in [9.17, 15) is 8.78 Å². The standard InChI is InChI=1S/C18H28F2N4O2/c1-18(2,24-7-10-25-11-8-24)13-23-17(21-3)22-6-9-26-16-5-4-14(19)12-15(16)20/h4-5,12H,6-11,13H2,1-3H3,(H2,21,22,23). The highest BCUT2D eigenvalue weighted by molar-refractivity contribution is 5.79. The average molecular weight is 370 g/mol. The zero-order valence-corrected chi connectivity index (χ0v) is 15.6. The minimum atomic E-state index is -0.709. The highest BCUT2D eigenvalue weighted by Gasteiger charge is 2.28. The SMILES string of the molecule is CN=C(NCCOc1ccc(F)cc1F)NCC(C)(C)N1CCOCC1.